The fourth-order valence-electron chi connectivity index (χ4n) is 7.63. The van der Waals surface area contributed by atoms with Crippen LogP contribution in [0.15, 0.2) is 206 Å². The molecule has 0 saturated carbocycles. The third-order valence-corrected chi connectivity index (χ3v) is 10.3. The lowest BCUT2D eigenvalue weighted by atomic mass is 9.99. The van der Waals surface area contributed by atoms with E-state index in [9.17, 15) is 0 Å². The molecule has 0 radical (unpaired) electrons. The lowest BCUT2D eigenvalue weighted by Crippen LogP contribution is -2.04. The zero-order valence-corrected chi connectivity index (χ0v) is 29.9. The van der Waals surface area contributed by atoms with Crippen LogP contribution in [0.3, 0.4) is 0 Å². The summed E-state index contributed by atoms with van der Waals surface area (Å²) in [7, 11) is 0. The van der Waals surface area contributed by atoms with E-state index in [1.54, 1.807) is 0 Å². The van der Waals surface area contributed by atoms with Gasteiger partial charge in [0.25, 0.3) is 0 Å². The van der Waals surface area contributed by atoms with Gasteiger partial charge >= 0.3 is 0 Å². The van der Waals surface area contributed by atoms with Crippen LogP contribution >= 0.6 is 0 Å². The molecule has 0 N–H and O–H groups in total. The van der Waals surface area contributed by atoms with Gasteiger partial charge in [-0.15, -0.1) is 0 Å². The molecule has 4 heteroatoms. The Morgan fingerprint density at radius 2 is 0.691 bits per heavy atom. The van der Waals surface area contributed by atoms with E-state index in [1.807, 2.05) is 12.1 Å². The quantitative estimate of drug-likeness (QED) is 0.166. The second-order valence-electron chi connectivity index (χ2n) is 13.6. The second kappa shape index (κ2) is 13.8. The van der Waals surface area contributed by atoms with Crippen molar-refractivity contribution in [3.63, 3.8) is 0 Å². The smallest absolute Gasteiger partial charge is 0.166 e. The van der Waals surface area contributed by atoms with Crippen molar-refractivity contribution in [1.82, 2.24) is 19.5 Å². The van der Waals surface area contributed by atoms with Gasteiger partial charge in [0.1, 0.15) is 0 Å². The average molecular weight is 703 g/mol. The van der Waals surface area contributed by atoms with Crippen LogP contribution in [0.2, 0.25) is 0 Å². The Bertz CT molecular complexity index is 2900. The van der Waals surface area contributed by atoms with Gasteiger partial charge in [-0.3, -0.25) is 0 Å². The van der Waals surface area contributed by atoms with Crippen LogP contribution in [0, 0.1) is 0 Å². The van der Waals surface area contributed by atoms with Crippen LogP contribution in [0.1, 0.15) is 0 Å². The lowest BCUT2D eigenvalue weighted by molar-refractivity contribution is 1.06. The molecule has 10 rings (SSSR count). The first-order valence-corrected chi connectivity index (χ1v) is 18.5. The maximum atomic E-state index is 5.35. The molecule has 0 amide bonds. The number of para-hydroxylation sites is 2. The molecule has 0 fully saturated rings. The highest BCUT2D eigenvalue weighted by Crippen LogP contribution is 2.39. The summed E-state index contributed by atoms with van der Waals surface area (Å²) in [6, 6.07) is 72.1. The number of benzene rings is 8. The second-order valence-corrected chi connectivity index (χ2v) is 13.6. The van der Waals surface area contributed by atoms with Crippen molar-refractivity contribution in [2.24, 2.45) is 0 Å². The van der Waals surface area contributed by atoms with E-state index >= 15 is 0 Å². The molecule has 0 aliphatic heterocycles. The molecule has 0 bridgehead atoms. The molecule has 8 aromatic carbocycles. The van der Waals surface area contributed by atoms with E-state index in [1.165, 1.54) is 10.8 Å². The van der Waals surface area contributed by atoms with Crippen molar-refractivity contribution >= 4 is 21.8 Å². The third-order valence-electron chi connectivity index (χ3n) is 10.3. The van der Waals surface area contributed by atoms with Gasteiger partial charge in [-0.25, -0.2) is 15.0 Å². The van der Waals surface area contributed by atoms with Gasteiger partial charge in [-0.05, 0) is 57.6 Å². The van der Waals surface area contributed by atoms with E-state index in [0.29, 0.717) is 17.5 Å². The molecule has 0 aliphatic carbocycles. The molecular formula is C51H34N4. The Labute approximate surface area is 319 Å². The summed E-state index contributed by atoms with van der Waals surface area (Å²) in [5.41, 5.74) is 12.7. The summed E-state index contributed by atoms with van der Waals surface area (Å²) < 4.78 is 2.36. The fraction of sp³-hybridized carbons (Fsp3) is 0. The number of hydrogen-bond acceptors (Lipinski definition) is 3. The van der Waals surface area contributed by atoms with Crippen molar-refractivity contribution in [2.75, 3.05) is 0 Å². The van der Waals surface area contributed by atoms with E-state index < -0.39 is 0 Å². The topological polar surface area (TPSA) is 43.6 Å². The minimum Gasteiger partial charge on any atom is -0.308 e. The van der Waals surface area contributed by atoms with Gasteiger partial charge in [-0.2, -0.15) is 0 Å². The van der Waals surface area contributed by atoms with Crippen molar-refractivity contribution in [1.29, 1.82) is 0 Å². The summed E-state index contributed by atoms with van der Waals surface area (Å²) in [6.45, 7) is 0. The van der Waals surface area contributed by atoms with Gasteiger partial charge in [0.15, 0.2) is 17.5 Å². The van der Waals surface area contributed by atoms with Crippen LogP contribution in [-0.4, -0.2) is 19.5 Å². The van der Waals surface area contributed by atoms with Crippen LogP contribution < -0.4 is 0 Å². The molecule has 2 heterocycles. The third kappa shape index (κ3) is 5.96. The molecule has 258 valence electrons. The number of nitrogens with zero attached hydrogens (tertiary/aromatic N) is 4. The molecule has 10 aromatic rings. The maximum Gasteiger partial charge on any atom is 0.166 e. The monoisotopic (exact) mass is 702 g/mol. The highest BCUT2D eigenvalue weighted by Gasteiger charge is 2.21. The first-order chi connectivity index (χ1) is 27.3. The molecule has 0 aliphatic rings. The van der Waals surface area contributed by atoms with E-state index in [0.717, 1.165) is 66.8 Å². The molecule has 2 aromatic heterocycles. The maximum absolute atomic E-state index is 5.35. The van der Waals surface area contributed by atoms with Gasteiger partial charge in [-0.1, -0.05) is 182 Å². The van der Waals surface area contributed by atoms with E-state index in [-0.39, 0.29) is 0 Å². The first-order valence-electron chi connectivity index (χ1n) is 18.5. The Balaban J connectivity index is 1.24. The largest absolute Gasteiger partial charge is 0.308 e. The number of fused-ring (bicyclic) bond motifs is 3. The summed E-state index contributed by atoms with van der Waals surface area (Å²) in [4.78, 5) is 15.9. The molecule has 55 heavy (non-hydrogen) atoms. The van der Waals surface area contributed by atoms with Crippen molar-refractivity contribution in [2.45, 2.75) is 0 Å². The molecule has 4 nitrogen and oxygen atoms in total. The Hall–Kier alpha value is -7.43. The minimum absolute atomic E-state index is 0.603. The Morgan fingerprint density at radius 1 is 0.273 bits per heavy atom. The molecule has 0 spiro atoms. The SMILES string of the molecule is c1ccc(-c2ccc(-c3nc(-c4ccccc4-c4ccccc4)nc(-c4ccc(-c5ccccc5)cc4-n4c5ccccc5c5ccccc54)n3)cc2)cc1. The van der Waals surface area contributed by atoms with E-state index in [2.05, 4.69) is 199 Å². The molecule has 0 saturated heterocycles. The highest BCUT2D eigenvalue weighted by atomic mass is 15.1. The van der Waals surface area contributed by atoms with Crippen LogP contribution in [0.25, 0.3) is 95.0 Å². The summed E-state index contributed by atoms with van der Waals surface area (Å²) in [6.07, 6.45) is 0. The number of rotatable bonds is 7. The fourth-order valence-corrected chi connectivity index (χ4v) is 7.63. The normalized spacial score (nSPS) is 11.3. The van der Waals surface area contributed by atoms with E-state index in [4.69, 9.17) is 15.0 Å². The zero-order chi connectivity index (χ0) is 36.6. The predicted molar refractivity (Wildman–Crippen MR) is 227 cm³/mol. The standard InChI is InChI=1S/C51H34N4/c1-4-16-35(17-5-1)37-28-30-39(31-29-37)49-52-50(44-25-11-10-22-41(44)38-20-8-3-9-21-38)54-51(53-49)45-33-32-40(36-18-6-2-7-19-36)34-48(45)55-46-26-14-12-23-42(46)43-24-13-15-27-47(43)55/h1-34H. The molecule has 0 unspecified atom stereocenters. The molecular weight excluding hydrogens is 669 g/mol. The van der Waals surface area contributed by atoms with Gasteiger partial charge in [0.05, 0.1) is 16.7 Å². The van der Waals surface area contributed by atoms with Crippen LogP contribution in [0.5, 0.6) is 0 Å². The lowest BCUT2D eigenvalue weighted by Gasteiger charge is -2.17. The minimum atomic E-state index is 0.603. The number of aromatic nitrogens is 4. The zero-order valence-electron chi connectivity index (χ0n) is 29.9. The van der Waals surface area contributed by atoms with Crippen LogP contribution in [-0.2, 0) is 0 Å². The first kappa shape index (κ1) is 32.2. The number of hydrogen-bond donors (Lipinski definition) is 0. The van der Waals surface area contributed by atoms with Gasteiger partial charge in [0, 0.05) is 27.5 Å². The summed E-state index contributed by atoms with van der Waals surface area (Å²) in [5.74, 6) is 1.83. The van der Waals surface area contributed by atoms with Crippen molar-refractivity contribution in [3.8, 4) is 73.2 Å². The van der Waals surface area contributed by atoms with Crippen molar-refractivity contribution < 1.29 is 0 Å². The Morgan fingerprint density at radius 3 is 1.31 bits per heavy atom. The Kier molecular flexibility index (Phi) is 8.12. The predicted octanol–water partition coefficient (Wildman–Crippen LogP) is 13.0. The van der Waals surface area contributed by atoms with Gasteiger partial charge in [0.2, 0.25) is 0 Å². The summed E-state index contributed by atoms with van der Waals surface area (Å²) in [5, 5.41) is 2.39. The molecule has 0 atom stereocenters. The van der Waals surface area contributed by atoms with Crippen LogP contribution in [0.4, 0.5) is 0 Å². The highest BCUT2D eigenvalue weighted by molar-refractivity contribution is 6.09. The summed E-state index contributed by atoms with van der Waals surface area (Å²) >= 11 is 0. The van der Waals surface area contributed by atoms with Gasteiger partial charge < -0.3 is 4.57 Å². The van der Waals surface area contributed by atoms with Crippen molar-refractivity contribution in [3.05, 3.63) is 206 Å². The average Bonchev–Trinajstić information content (AvgIpc) is 3.61.